The van der Waals surface area contributed by atoms with Crippen LogP contribution in [0.25, 0.3) is 0 Å². The molecule has 0 bridgehead atoms. The zero-order valence-electron chi connectivity index (χ0n) is 17.1. The van der Waals surface area contributed by atoms with Gasteiger partial charge in [-0.05, 0) is 49.6 Å². The molecule has 3 rings (SSSR count). The molecular weight excluding hydrogens is 402 g/mol. The van der Waals surface area contributed by atoms with Crippen LogP contribution in [0.15, 0.2) is 53.4 Å². The maximum atomic E-state index is 12.8. The summed E-state index contributed by atoms with van der Waals surface area (Å²) in [5, 5.41) is 5.58. The van der Waals surface area contributed by atoms with Crippen molar-refractivity contribution in [1.29, 1.82) is 0 Å². The highest BCUT2D eigenvalue weighted by molar-refractivity contribution is 7.89. The van der Waals surface area contributed by atoms with E-state index in [2.05, 4.69) is 10.6 Å². The number of nitrogens with zero attached hydrogens (tertiary/aromatic N) is 1. The van der Waals surface area contributed by atoms with E-state index < -0.39 is 15.9 Å². The Morgan fingerprint density at radius 1 is 1.00 bits per heavy atom. The summed E-state index contributed by atoms with van der Waals surface area (Å²) < 4.78 is 27.0. The number of para-hydroxylation sites is 1. The van der Waals surface area contributed by atoms with E-state index in [0.717, 1.165) is 25.7 Å². The molecule has 30 heavy (non-hydrogen) atoms. The van der Waals surface area contributed by atoms with E-state index in [0.29, 0.717) is 30.9 Å². The molecule has 0 spiro atoms. The molecule has 2 amide bonds. The Labute approximate surface area is 177 Å². The first-order chi connectivity index (χ1) is 14.4. The first kappa shape index (κ1) is 22.0. The maximum absolute atomic E-state index is 12.8. The molecule has 1 aliphatic rings. The van der Waals surface area contributed by atoms with Gasteiger partial charge in [-0.1, -0.05) is 31.5 Å². The quantitative estimate of drug-likeness (QED) is 0.630. The molecule has 160 valence electrons. The van der Waals surface area contributed by atoms with Crippen LogP contribution in [0.2, 0.25) is 0 Å². The van der Waals surface area contributed by atoms with Crippen LogP contribution in [0.5, 0.6) is 0 Å². The lowest BCUT2D eigenvalue weighted by atomic mass is 10.1. The van der Waals surface area contributed by atoms with Crippen LogP contribution in [-0.2, 0) is 10.0 Å². The van der Waals surface area contributed by atoms with Gasteiger partial charge in [0.1, 0.15) is 0 Å². The van der Waals surface area contributed by atoms with Gasteiger partial charge in [0.25, 0.3) is 11.8 Å². The highest BCUT2D eigenvalue weighted by Crippen LogP contribution is 2.22. The fourth-order valence-corrected chi connectivity index (χ4v) is 4.90. The van der Waals surface area contributed by atoms with E-state index in [9.17, 15) is 18.0 Å². The lowest BCUT2D eigenvalue weighted by Gasteiger charge is -2.16. The molecule has 0 atom stereocenters. The van der Waals surface area contributed by atoms with Crippen LogP contribution in [0.1, 0.15) is 53.3 Å². The first-order valence-electron chi connectivity index (χ1n) is 10.2. The lowest BCUT2D eigenvalue weighted by molar-refractivity contribution is 0.0954. The van der Waals surface area contributed by atoms with E-state index in [1.165, 1.54) is 16.4 Å². The van der Waals surface area contributed by atoms with Gasteiger partial charge in [0.05, 0.1) is 16.1 Å². The third kappa shape index (κ3) is 5.06. The number of hydrogen-bond acceptors (Lipinski definition) is 4. The van der Waals surface area contributed by atoms with Crippen molar-refractivity contribution in [3.05, 3.63) is 59.7 Å². The minimum atomic E-state index is -3.61. The van der Waals surface area contributed by atoms with Crippen LogP contribution in [0.3, 0.4) is 0 Å². The molecule has 1 saturated heterocycles. The number of unbranched alkanes of at least 4 members (excludes halogenated alkanes) is 1. The number of rotatable bonds is 8. The van der Waals surface area contributed by atoms with E-state index in [1.54, 1.807) is 36.4 Å². The van der Waals surface area contributed by atoms with Crippen molar-refractivity contribution < 1.29 is 18.0 Å². The van der Waals surface area contributed by atoms with E-state index in [-0.39, 0.29) is 16.4 Å². The summed E-state index contributed by atoms with van der Waals surface area (Å²) >= 11 is 0. The summed E-state index contributed by atoms with van der Waals surface area (Å²) in [6, 6.07) is 12.7. The zero-order chi connectivity index (χ0) is 21.6. The van der Waals surface area contributed by atoms with Crippen LogP contribution >= 0.6 is 0 Å². The highest BCUT2D eigenvalue weighted by Gasteiger charge is 2.27. The lowest BCUT2D eigenvalue weighted by Crippen LogP contribution is -2.28. The summed E-state index contributed by atoms with van der Waals surface area (Å²) in [7, 11) is -3.61. The summed E-state index contributed by atoms with van der Waals surface area (Å²) in [6.07, 6.45) is 3.53. The molecule has 0 unspecified atom stereocenters. The number of sulfonamides is 1. The molecule has 0 radical (unpaired) electrons. The predicted octanol–water partition coefficient (Wildman–Crippen LogP) is 3.25. The van der Waals surface area contributed by atoms with Gasteiger partial charge in [0, 0.05) is 25.2 Å². The normalized spacial score (nSPS) is 14.4. The molecule has 1 heterocycles. The van der Waals surface area contributed by atoms with E-state index in [1.807, 2.05) is 6.92 Å². The minimum Gasteiger partial charge on any atom is -0.352 e. The minimum absolute atomic E-state index is 0.0997. The van der Waals surface area contributed by atoms with Crippen LogP contribution in [-0.4, -0.2) is 44.2 Å². The number of amides is 2. The van der Waals surface area contributed by atoms with Crippen molar-refractivity contribution in [3.8, 4) is 0 Å². The number of benzene rings is 2. The highest BCUT2D eigenvalue weighted by atomic mass is 32.2. The monoisotopic (exact) mass is 429 g/mol. The third-order valence-electron chi connectivity index (χ3n) is 5.03. The van der Waals surface area contributed by atoms with E-state index >= 15 is 0 Å². The van der Waals surface area contributed by atoms with E-state index in [4.69, 9.17) is 0 Å². The summed E-state index contributed by atoms with van der Waals surface area (Å²) in [6.45, 7) is 3.60. The maximum Gasteiger partial charge on any atom is 0.255 e. The largest absolute Gasteiger partial charge is 0.352 e. The van der Waals surface area contributed by atoms with Crippen molar-refractivity contribution in [2.75, 3.05) is 25.0 Å². The van der Waals surface area contributed by atoms with Gasteiger partial charge in [-0.25, -0.2) is 8.42 Å². The zero-order valence-corrected chi connectivity index (χ0v) is 17.9. The van der Waals surface area contributed by atoms with Crippen molar-refractivity contribution in [2.24, 2.45) is 0 Å². The Kier molecular flexibility index (Phi) is 7.23. The van der Waals surface area contributed by atoms with Crippen LogP contribution in [0, 0.1) is 0 Å². The Hall–Kier alpha value is -2.71. The molecule has 0 aliphatic carbocycles. The smallest absolute Gasteiger partial charge is 0.255 e. The topological polar surface area (TPSA) is 95.6 Å². The van der Waals surface area contributed by atoms with Gasteiger partial charge in [-0.2, -0.15) is 4.31 Å². The van der Waals surface area contributed by atoms with Gasteiger partial charge in [0.15, 0.2) is 0 Å². The molecule has 2 aromatic carbocycles. The Morgan fingerprint density at radius 2 is 1.73 bits per heavy atom. The van der Waals surface area contributed by atoms with Gasteiger partial charge in [0.2, 0.25) is 10.0 Å². The van der Waals surface area contributed by atoms with Crippen LogP contribution < -0.4 is 10.6 Å². The number of hydrogen-bond donors (Lipinski definition) is 2. The molecule has 7 nitrogen and oxygen atoms in total. The first-order valence-corrected chi connectivity index (χ1v) is 11.7. The number of nitrogens with one attached hydrogen (secondary N) is 2. The predicted molar refractivity (Wildman–Crippen MR) is 116 cm³/mol. The molecule has 1 fully saturated rings. The van der Waals surface area contributed by atoms with Crippen molar-refractivity contribution >= 4 is 27.5 Å². The molecule has 0 aromatic heterocycles. The molecule has 0 saturated carbocycles. The number of carbonyl (C=O) groups excluding carboxylic acids is 2. The molecule has 2 aromatic rings. The third-order valence-corrected chi connectivity index (χ3v) is 6.93. The average molecular weight is 430 g/mol. The van der Waals surface area contributed by atoms with Crippen molar-refractivity contribution in [1.82, 2.24) is 9.62 Å². The Bertz CT molecular complexity index is 1010. The van der Waals surface area contributed by atoms with Gasteiger partial charge < -0.3 is 10.6 Å². The summed E-state index contributed by atoms with van der Waals surface area (Å²) in [4.78, 5) is 25.3. The number of anilines is 1. The molecule has 1 aliphatic heterocycles. The summed E-state index contributed by atoms with van der Waals surface area (Å²) in [5.41, 5.74) is 0.962. The van der Waals surface area contributed by atoms with Gasteiger partial charge >= 0.3 is 0 Å². The Morgan fingerprint density at radius 3 is 2.47 bits per heavy atom. The average Bonchev–Trinajstić information content (AvgIpc) is 3.30. The molecular formula is C22H27N3O4S. The second kappa shape index (κ2) is 9.86. The second-order valence-electron chi connectivity index (χ2n) is 7.25. The second-order valence-corrected chi connectivity index (χ2v) is 9.19. The van der Waals surface area contributed by atoms with Crippen molar-refractivity contribution in [2.45, 2.75) is 37.5 Å². The summed E-state index contributed by atoms with van der Waals surface area (Å²) in [5.74, 6) is -0.730. The van der Waals surface area contributed by atoms with Crippen molar-refractivity contribution in [3.63, 3.8) is 0 Å². The van der Waals surface area contributed by atoms with Gasteiger partial charge in [-0.15, -0.1) is 0 Å². The molecule has 8 heteroatoms. The fraction of sp³-hybridized carbons (Fsp3) is 0.364. The standard InChI is InChI=1S/C22H27N3O4S/c1-2-3-13-23-22(27)19-11-4-5-12-20(19)24-21(26)17-9-8-10-18(16-17)30(28,29)25-14-6-7-15-25/h4-5,8-12,16H,2-3,6-7,13-15H2,1H3,(H,23,27)(H,24,26). The fourth-order valence-electron chi connectivity index (χ4n) is 3.33. The van der Waals surface area contributed by atoms with Gasteiger partial charge in [-0.3, -0.25) is 9.59 Å². The molecule has 2 N–H and O–H groups in total. The SMILES string of the molecule is CCCCNC(=O)c1ccccc1NC(=O)c1cccc(S(=O)(=O)N2CCCC2)c1. The Balaban J connectivity index is 1.78. The number of carbonyl (C=O) groups is 2. The van der Waals surface area contributed by atoms with Crippen LogP contribution in [0.4, 0.5) is 5.69 Å².